The zero-order valence-corrected chi connectivity index (χ0v) is 9.60. The molecule has 0 amide bonds. The first kappa shape index (κ1) is 13.3. The van der Waals surface area contributed by atoms with E-state index in [9.17, 15) is 4.79 Å². The van der Waals surface area contributed by atoms with E-state index >= 15 is 0 Å². The van der Waals surface area contributed by atoms with Crippen molar-refractivity contribution in [3.8, 4) is 6.07 Å². The molecule has 0 aliphatic rings. The molecule has 0 unspecified atom stereocenters. The average Bonchev–Trinajstić information content (AvgIpc) is 2.12. The third-order valence-electron chi connectivity index (χ3n) is 1.54. The van der Waals surface area contributed by atoms with E-state index in [2.05, 4.69) is 13.8 Å². The second kappa shape index (κ2) is 8.89. The van der Waals surface area contributed by atoms with Crippen LogP contribution in [0.1, 0.15) is 26.7 Å². The number of hydrogen-bond acceptors (Lipinski definition) is 4. The SMILES string of the molecule is CC(C)CCOC(=O)CSCCC#N. The predicted octanol–water partition coefficient (Wildman–Crippen LogP) is 2.22. The summed E-state index contributed by atoms with van der Waals surface area (Å²) in [5, 5.41) is 8.25. The Balaban J connectivity index is 3.25. The molecule has 14 heavy (non-hydrogen) atoms. The lowest BCUT2D eigenvalue weighted by atomic mass is 10.1. The predicted molar refractivity (Wildman–Crippen MR) is 58.0 cm³/mol. The minimum atomic E-state index is -0.173. The van der Waals surface area contributed by atoms with Crippen LogP contribution in [0.3, 0.4) is 0 Å². The van der Waals surface area contributed by atoms with E-state index in [1.807, 2.05) is 6.07 Å². The van der Waals surface area contributed by atoms with Gasteiger partial charge in [-0.1, -0.05) is 13.8 Å². The summed E-state index contributed by atoms with van der Waals surface area (Å²) in [6, 6.07) is 2.03. The summed E-state index contributed by atoms with van der Waals surface area (Å²) in [6.07, 6.45) is 1.40. The van der Waals surface area contributed by atoms with E-state index < -0.39 is 0 Å². The molecular formula is C10H17NO2S. The Kier molecular flexibility index (Phi) is 8.45. The highest BCUT2D eigenvalue weighted by Gasteiger charge is 2.03. The Labute approximate surface area is 89.8 Å². The Bertz CT molecular complexity index is 199. The summed E-state index contributed by atoms with van der Waals surface area (Å²) >= 11 is 1.45. The molecule has 0 saturated heterocycles. The van der Waals surface area contributed by atoms with Crippen LogP contribution in [0.2, 0.25) is 0 Å². The molecule has 0 fully saturated rings. The molecule has 0 N–H and O–H groups in total. The van der Waals surface area contributed by atoms with Crippen molar-refractivity contribution in [2.45, 2.75) is 26.7 Å². The molecular weight excluding hydrogens is 198 g/mol. The normalized spacial score (nSPS) is 9.86. The van der Waals surface area contributed by atoms with Crippen LogP contribution in [-0.2, 0) is 9.53 Å². The lowest BCUT2D eigenvalue weighted by molar-refractivity contribution is -0.140. The van der Waals surface area contributed by atoms with Gasteiger partial charge < -0.3 is 4.74 Å². The highest BCUT2D eigenvalue weighted by atomic mass is 32.2. The van der Waals surface area contributed by atoms with Gasteiger partial charge >= 0.3 is 5.97 Å². The topological polar surface area (TPSA) is 50.1 Å². The number of nitriles is 1. The van der Waals surface area contributed by atoms with Crippen LogP contribution in [0, 0.1) is 17.2 Å². The number of thioether (sulfide) groups is 1. The molecule has 0 aromatic rings. The maximum atomic E-state index is 11.1. The zero-order chi connectivity index (χ0) is 10.8. The van der Waals surface area contributed by atoms with Crippen LogP contribution < -0.4 is 0 Å². The van der Waals surface area contributed by atoms with Gasteiger partial charge in [0.05, 0.1) is 18.4 Å². The van der Waals surface area contributed by atoms with Crippen molar-refractivity contribution in [3.63, 3.8) is 0 Å². The highest BCUT2D eigenvalue weighted by molar-refractivity contribution is 7.99. The summed E-state index contributed by atoms with van der Waals surface area (Å²) in [5.41, 5.74) is 0. The van der Waals surface area contributed by atoms with Crippen molar-refractivity contribution in [2.24, 2.45) is 5.92 Å². The standard InChI is InChI=1S/C10H17NO2S/c1-9(2)4-6-13-10(12)8-14-7-3-5-11/h9H,3-4,6-8H2,1-2H3. The molecule has 0 aromatic carbocycles. The number of hydrogen-bond donors (Lipinski definition) is 0. The van der Waals surface area contributed by atoms with Gasteiger partial charge in [-0.05, 0) is 12.3 Å². The van der Waals surface area contributed by atoms with Crippen LogP contribution >= 0.6 is 11.8 Å². The lowest BCUT2D eigenvalue weighted by Crippen LogP contribution is -2.10. The van der Waals surface area contributed by atoms with Gasteiger partial charge in [-0.3, -0.25) is 4.79 Å². The van der Waals surface area contributed by atoms with Gasteiger partial charge in [0.2, 0.25) is 0 Å². The lowest BCUT2D eigenvalue weighted by Gasteiger charge is -2.05. The fraction of sp³-hybridized carbons (Fsp3) is 0.800. The minimum Gasteiger partial charge on any atom is -0.465 e. The summed E-state index contributed by atoms with van der Waals surface area (Å²) in [4.78, 5) is 11.1. The fourth-order valence-electron chi connectivity index (χ4n) is 0.723. The number of carbonyl (C=O) groups is 1. The molecule has 0 saturated carbocycles. The Morgan fingerprint density at radius 2 is 2.29 bits per heavy atom. The van der Waals surface area contributed by atoms with E-state index in [-0.39, 0.29) is 5.97 Å². The Hall–Kier alpha value is -0.690. The molecule has 4 heteroatoms. The third kappa shape index (κ3) is 9.40. The first-order valence-electron chi connectivity index (χ1n) is 4.77. The average molecular weight is 215 g/mol. The highest BCUT2D eigenvalue weighted by Crippen LogP contribution is 2.04. The summed E-state index contributed by atoms with van der Waals surface area (Å²) in [5.74, 6) is 1.46. The van der Waals surface area contributed by atoms with Gasteiger partial charge in [0.15, 0.2) is 0 Å². The van der Waals surface area contributed by atoms with Gasteiger partial charge in [0.1, 0.15) is 0 Å². The largest absolute Gasteiger partial charge is 0.465 e. The van der Waals surface area contributed by atoms with Crippen LogP contribution in [-0.4, -0.2) is 24.1 Å². The molecule has 0 radical (unpaired) electrons. The summed E-state index contributed by atoms with van der Waals surface area (Å²) in [7, 11) is 0. The summed E-state index contributed by atoms with van der Waals surface area (Å²) < 4.78 is 4.99. The van der Waals surface area contributed by atoms with E-state index in [0.717, 1.165) is 6.42 Å². The molecule has 0 atom stereocenters. The maximum Gasteiger partial charge on any atom is 0.315 e. The Morgan fingerprint density at radius 3 is 2.86 bits per heavy atom. The smallest absolute Gasteiger partial charge is 0.315 e. The van der Waals surface area contributed by atoms with Crippen LogP contribution in [0.15, 0.2) is 0 Å². The number of carbonyl (C=O) groups excluding carboxylic acids is 1. The maximum absolute atomic E-state index is 11.1. The number of esters is 1. The molecule has 0 bridgehead atoms. The number of nitrogens with zero attached hydrogens (tertiary/aromatic N) is 1. The van der Waals surface area contributed by atoms with Crippen molar-refractivity contribution in [2.75, 3.05) is 18.1 Å². The van der Waals surface area contributed by atoms with Gasteiger partial charge in [0, 0.05) is 12.2 Å². The zero-order valence-electron chi connectivity index (χ0n) is 8.78. The van der Waals surface area contributed by atoms with Gasteiger partial charge in [-0.25, -0.2) is 0 Å². The van der Waals surface area contributed by atoms with E-state index in [1.165, 1.54) is 11.8 Å². The number of rotatable bonds is 7. The van der Waals surface area contributed by atoms with Crippen molar-refractivity contribution in [1.82, 2.24) is 0 Å². The first-order valence-corrected chi connectivity index (χ1v) is 5.92. The second-order valence-corrected chi connectivity index (χ2v) is 4.47. The Morgan fingerprint density at radius 1 is 1.57 bits per heavy atom. The number of ether oxygens (including phenoxy) is 1. The minimum absolute atomic E-state index is 0.173. The van der Waals surface area contributed by atoms with Crippen LogP contribution in [0.5, 0.6) is 0 Å². The molecule has 0 aliphatic heterocycles. The summed E-state index contributed by atoms with van der Waals surface area (Å²) in [6.45, 7) is 4.69. The van der Waals surface area contributed by atoms with E-state index in [0.29, 0.717) is 30.5 Å². The van der Waals surface area contributed by atoms with E-state index in [1.54, 1.807) is 0 Å². The van der Waals surface area contributed by atoms with Gasteiger partial charge in [0.25, 0.3) is 0 Å². The molecule has 0 spiro atoms. The second-order valence-electron chi connectivity index (χ2n) is 3.36. The van der Waals surface area contributed by atoms with Gasteiger partial charge in [-0.15, -0.1) is 11.8 Å². The molecule has 3 nitrogen and oxygen atoms in total. The third-order valence-corrected chi connectivity index (χ3v) is 2.47. The quantitative estimate of drug-likeness (QED) is 0.482. The first-order chi connectivity index (χ1) is 6.66. The van der Waals surface area contributed by atoms with Gasteiger partial charge in [-0.2, -0.15) is 5.26 Å². The van der Waals surface area contributed by atoms with Crippen molar-refractivity contribution < 1.29 is 9.53 Å². The molecule has 0 heterocycles. The van der Waals surface area contributed by atoms with Crippen molar-refractivity contribution in [1.29, 1.82) is 5.26 Å². The van der Waals surface area contributed by atoms with Crippen molar-refractivity contribution >= 4 is 17.7 Å². The molecule has 0 rings (SSSR count). The van der Waals surface area contributed by atoms with Crippen LogP contribution in [0.4, 0.5) is 0 Å². The molecule has 0 aromatic heterocycles. The molecule has 0 aliphatic carbocycles. The monoisotopic (exact) mass is 215 g/mol. The fourth-order valence-corrected chi connectivity index (χ4v) is 1.35. The molecule has 80 valence electrons. The van der Waals surface area contributed by atoms with Crippen LogP contribution in [0.25, 0.3) is 0 Å². The van der Waals surface area contributed by atoms with E-state index in [4.69, 9.17) is 10.00 Å². The van der Waals surface area contributed by atoms with Crippen molar-refractivity contribution in [3.05, 3.63) is 0 Å².